The minimum absolute atomic E-state index is 0.270. The highest BCUT2D eigenvalue weighted by molar-refractivity contribution is 5.38. The van der Waals surface area contributed by atoms with E-state index in [-0.39, 0.29) is 5.82 Å². The molecule has 0 aliphatic rings. The topological polar surface area (TPSA) is 43.8 Å². The van der Waals surface area contributed by atoms with Crippen LogP contribution in [0.1, 0.15) is 11.4 Å². The third-order valence-electron chi connectivity index (χ3n) is 2.33. The Morgan fingerprint density at radius 3 is 2.87 bits per heavy atom. The molecule has 4 heteroatoms. The Labute approximate surface area is 87.4 Å². The first-order valence-electron chi connectivity index (χ1n) is 4.71. The molecule has 78 valence electrons. The first-order valence-corrected chi connectivity index (χ1v) is 4.71. The Balaban J connectivity index is 2.56. The van der Waals surface area contributed by atoms with Gasteiger partial charge in [-0.3, -0.25) is 0 Å². The lowest BCUT2D eigenvalue weighted by molar-refractivity contribution is 0.615. The molecule has 0 unspecified atom stereocenters. The Kier molecular flexibility index (Phi) is 2.51. The number of imidazole rings is 1. The zero-order valence-corrected chi connectivity index (χ0v) is 8.44. The molecular weight excluding hydrogens is 193 g/mol. The van der Waals surface area contributed by atoms with Crippen molar-refractivity contribution in [3.05, 3.63) is 47.8 Å². The summed E-state index contributed by atoms with van der Waals surface area (Å²) in [6.45, 7) is 2.23. The van der Waals surface area contributed by atoms with Crippen LogP contribution < -0.4 is 5.73 Å². The van der Waals surface area contributed by atoms with Crippen molar-refractivity contribution in [3.8, 4) is 5.69 Å². The van der Waals surface area contributed by atoms with Gasteiger partial charge < -0.3 is 10.3 Å². The van der Waals surface area contributed by atoms with Gasteiger partial charge in [-0.05, 0) is 24.6 Å². The molecule has 0 saturated carbocycles. The zero-order valence-electron chi connectivity index (χ0n) is 8.44. The predicted octanol–water partition coefficient (Wildman–Crippen LogP) is 1.78. The van der Waals surface area contributed by atoms with Crippen molar-refractivity contribution in [2.24, 2.45) is 5.73 Å². The summed E-state index contributed by atoms with van der Waals surface area (Å²) < 4.78 is 15.3. The van der Waals surface area contributed by atoms with Gasteiger partial charge in [0.25, 0.3) is 0 Å². The summed E-state index contributed by atoms with van der Waals surface area (Å²) in [6, 6.07) is 4.85. The van der Waals surface area contributed by atoms with Crippen LogP contribution in [0.2, 0.25) is 0 Å². The first kappa shape index (κ1) is 9.86. The van der Waals surface area contributed by atoms with Crippen LogP contribution >= 0.6 is 0 Å². The Morgan fingerprint density at radius 2 is 2.27 bits per heavy atom. The fraction of sp³-hybridized carbons (Fsp3) is 0.182. The third kappa shape index (κ3) is 1.76. The number of rotatable bonds is 2. The van der Waals surface area contributed by atoms with Crippen molar-refractivity contribution in [1.29, 1.82) is 0 Å². The lowest BCUT2D eigenvalue weighted by Crippen LogP contribution is -2.02. The number of hydrogen-bond acceptors (Lipinski definition) is 2. The van der Waals surface area contributed by atoms with Crippen LogP contribution in [0.4, 0.5) is 4.39 Å². The van der Waals surface area contributed by atoms with E-state index in [1.807, 2.05) is 6.92 Å². The zero-order chi connectivity index (χ0) is 10.8. The molecule has 0 atom stereocenters. The standard InChI is InChI=1S/C11H12FN3/c1-8-14-4-5-15(8)11-6-9(7-13)2-3-10(11)12/h2-6H,7,13H2,1H3. The van der Waals surface area contributed by atoms with Crippen LogP contribution in [0, 0.1) is 12.7 Å². The van der Waals surface area contributed by atoms with Gasteiger partial charge in [-0.2, -0.15) is 0 Å². The van der Waals surface area contributed by atoms with E-state index in [4.69, 9.17) is 5.73 Å². The maximum Gasteiger partial charge on any atom is 0.147 e. The molecule has 0 aliphatic carbocycles. The smallest absolute Gasteiger partial charge is 0.147 e. The summed E-state index contributed by atoms with van der Waals surface area (Å²) in [5.41, 5.74) is 6.91. The lowest BCUT2D eigenvalue weighted by atomic mass is 10.2. The molecular formula is C11H12FN3. The van der Waals surface area contributed by atoms with Gasteiger partial charge in [-0.25, -0.2) is 9.37 Å². The first-order chi connectivity index (χ1) is 7.22. The molecule has 0 aliphatic heterocycles. The molecule has 0 bridgehead atoms. The van der Waals surface area contributed by atoms with E-state index in [9.17, 15) is 4.39 Å². The second-order valence-electron chi connectivity index (χ2n) is 3.33. The molecule has 0 fully saturated rings. The highest BCUT2D eigenvalue weighted by Crippen LogP contribution is 2.16. The van der Waals surface area contributed by atoms with Crippen LogP contribution in [-0.2, 0) is 6.54 Å². The summed E-state index contributed by atoms with van der Waals surface area (Å²) in [5.74, 6) is 0.483. The minimum Gasteiger partial charge on any atom is -0.326 e. The number of hydrogen-bond donors (Lipinski definition) is 1. The van der Waals surface area contributed by atoms with Crippen LogP contribution in [0.3, 0.4) is 0 Å². The van der Waals surface area contributed by atoms with Gasteiger partial charge in [0, 0.05) is 18.9 Å². The molecule has 0 saturated heterocycles. The van der Waals surface area contributed by atoms with Gasteiger partial charge in [-0.15, -0.1) is 0 Å². The van der Waals surface area contributed by atoms with Crippen molar-refractivity contribution in [3.63, 3.8) is 0 Å². The van der Waals surface area contributed by atoms with Crippen LogP contribution in [0.5, 0.6) is 0 Å². The van der Waals surface area contributed by atoms with E-state index < -0.39 is 0 Å². The fourth-order valence-electron chi connectivity index (χ4n) is 1.50. The number of aryl methyl sites for hydroxylation is 1. The lowest BCUT2D eigenvalue weighted by Gasteiger charge is -2.08. The molecule has 2 aromatic rings. The number of halogens is 1. The summed E-state index contributed by atoms with van der Waals surface area (Å²) in [7, 11) is 0. The largest absolute Gasteiger partial charge is 0.326 e. The quantitative estimate of drug-likeness (QED) is 0.812. The molecule has 1 heterocycles. The van der Waals surface area contributed by atoms with Crippen molar-refractivity contribution in [2.45, 2.75) is 13.5 Å². The average molecular weight is 205 g/mol. The van der Waals surface area contributed by atoms with Gasteiger partial charge in [0.2, 0.25) is 0 Å². The van der Waals surface area contributed by atoms with E-state index in [0.717, 1.165) is 11.4 Å². The molecule has 1 aromatic carbocycles. The Morgan fingerprint density at radius 1 is 1.47 bits per heavy atom. The Hall–Kier alpha value is -1.68. The van der Waals surface area contributed by atoms with Crippen LogP contribution in [0.25, 0.3) is 5.69 Å². The molecule has 2 rings (SSSR count). The molecule has 0 radical (unpaired) electrons. The van der Waals surface area contributed by atoms with Gasteiger partial charge in [0.1, 0.15) is 11.6 Å². The Bertz CT molecular complexity index is 476. The van der Waals surface area contributed by atoms with Crippen molar-refractivity contribution in [1.82, 2.24) is 9.55 Å². The number of nitrogens with zero attached hydrogens (tertiary/aromatic N) is 2. The van der Waals surface area contributed by atoms with Crippen molar-refractivity contribution in [2.75, 3.05) is 0 Å². The van der Waals surface area contributed by atoms with E-state index in [1.54, 1.807) is 29.1 Å². The van der Waals surface area contributed by atoms with Crippen molar-refractivity contribution >= 4 is 0 Å². The van der Waals surface area contributed by atoms with E-state index in [0.29, 0.717) is 12.2 Å². The van der Waals surface area contributed by atoms with Gasteiger partial charge in [0.15, 0.2) is 0 Å². The molecule has 0 spiro atoms. The second-order valence-corrected chi connectivity index (χ2v) is 3.33. The molecule has 0 amide bonds. The highest BCUT2D eigenvalue weighted by atomic mass is 19.1. The van der Waals surface area contributed by atoms with Crippen LogP contribution in [-0.4, -0.2) is 9.55 Å². The molecule has 3 nitrogen and oxygen atoms in total. The maximum atomic E-state index is 13.6. The van der Waals surface area contributed by atoms with Gasteiger partial charge >= 0.3 is 0 Å². The summed E-state index contributed by atoms with van der Waals surface area (Å²) >= 11 is 0. The number of nitrogens with two attached hydrogens (primary N) is 1. The molecule has 2 N–H and O–H groups in total. The minimum atomic E-state index is -0.270. The van der Waals surface area contributed by atoms with Gasteiger partial charge in [-0.1, -0.05) is 6.07 Å². The summed E-state index contributed by atoms with van der Waals surface area (Å²) in [6.07, 6.45) is 3.37. The normalized spacial score (nSPS) is 10.6. The molecule has 1 aromatic heterocycles. The van der Waals surface area contributed by atoms with E-state index in [1.165, 1.54) is 6.07 Å². The van der Waals surface area contributed by atoms with Crippen molar-refractivity contribution < 1.29 is 4.39 Å². The van der Waals surface area contributed by atoms with E-state index >= 15 is 0 Å². The fourth-order valence-corrected chi connectivity index (χ4v) is 1.50. The number of benzene rings is 1. The van der Waals surface area contributed by atoms with E-state index in [2.05, 4.69) is 4.98 Å². The monoisotopic (exact) mass is 205 g/mol. The van der Waals surface area contributed by atoms with Crippen LogP contribution in [0.15, 0.2) is 30.6 Å². The van der Waals surface area contributed by atoms with Gasteiger partial charge in [0.05, 0.1) is 5.69 Å². The third-order valence-corrected chi connectivity index (χ3v) is 2.33. The summed E-state index contributed by atoms with van der Waals surface area (Å²) in [4.78, 5) is 4.05. The summed E-state index contributed by atoms with van der Waals surface area (Å²) in [5, 5.41) is 0. The highest BCUT2D eigenvalue weighted by Gasteiger charge is 2.07. The maximum absolute atomic E-state index is 13.6. The molecule has 15 heavy (non-hydrogen) atoms. The average Bonchev–Trinajstić information content (AvgIpc) is 2.65. The SMILES string of the molecule is Cc1nccn1-c1cc(CN)ccc1F. The predicted molar refractivity (Wildman–Crippen MR) is 56.2 cm³/mol. The number of aromatic nitrogens is 2. The second kappa shape index (κ2) is 3.82.